The van der Waals surface area contributed by atoms with Crippen molar-refractivity contribution in [2.75, 3.05) is 26.2 Å². The largest absolute Gasteiger partial charge is 0.361 e. The quantitative estimate of drug-likeness (QED) is 0.569. The molecule has 1 aliphatic heterocycles. The fourth-order valence-electron chi connectivity index (χ4n) is 3.65. The number of piperazine rings is 1. The van der Waals surface area contributed by atoms with Gasteiger partial charge in [0, 0.05) is 47.6 Å². The van der Waals surface area contributed by atoms with Gasteiger partial charge in [-0.1, -0.05) is 35.5 Å². The molecule has 1 aromatic carbocycles. The van der Waals surface area contributed by atoms with Crippen molar-refractivity contribution in [1.82, 2.24) is 15.0 Å². The topological polar surface area (TPSA) is 66.7 Å². The lowest BCUT2D eigenvalue weighted by molar-refractivity contribution is -0.136. The SMILES string of the molecule is Cc1noc(C)c1CC(=O)N1CCN(C(=O)C=Cc2ccc(-c3ccccc3)s2)CC1. The van der Waals surface area contributed by atoms with E-state index in [4.69, 9.17) is 4.52 Å². The second-order valence-corrected chi connectivity index (χ2v) is 8.70. The number of carbonyl (C=O) groups is 2. The standard InChI is InChI=1S/C24H25N3O3S/c1-17-21(18(2)30-25-17)16-24(29)27-14-12-26(13-15-27)23(28)11-9-20-8-10-22(31-20)19-6-4-3-5-7-19/h3-11H,12-16H2,1-2H3. The highest BCUT2D eigenvalue weighted by atomic mass is 32.1. The average Bonchev–Trinajstić information content (AvgIpc) is 3.40. The first kappa shape index (κ1) is 21.1. The van der Waals surface area contributed by atoms with E-state index in [1.54, 1.807) is 22.3 Å². The van der Waals surface area contributed by atoms with Gasteiger partial charge in [-0.25, -0.2) is 0 Å². The maximum absolute atomic E-state index is 12.6. The molecule has 0 N–H and O–H groups in total. The third-order valence-electron chi connectivity index (χ3n) is 5.53. The highest BCUT2D eigenvalue weighted by Gasteiger charge is 2.24. The molecule has 1 saturated heterocycles. The van der Waals surface area contributed by atoms with E-state index in [1.807, 2.05) is 49.1 Å². The summed E-state index contributed by atoms with van der Waals surface area (Å²) in [4.78, 5) is 31.0. The average molecular weight is 436 g/mol. The fourth-order valence-corrected chi connectivity index (χ4v) is 4.57. The Kier molecular flexibility index (Phi) is 6.32. The summed E-state index contributed by atoms with van der Waals surface area (Å²) in [5.41, 5.74) is 2.79. The van der Waals surface area contributed by atoms with Crippen LogP contribution >= 0.6 is 11.3 Å². The lowest BCUT2D eigenvalue weighted by Crippen LogP contribution is -2.50. The number of amides is 2. The van der Waals surface area contributed by atoms with Crippen molar-refractivity contribution in [3.8, 4) is 10.4 Å². The van der Waals surface area contributed by atoms with Gasteiger partial charge >= 0.3 is 0 Å². The van der Waals surface area contributed by atoms with Crippen LogP contribution in [0.3, 0.4) is 0 Å². The van der Waals surface area contributed by atoms with Crippen LogP contribution in [0.15, 0.2) is 53.1 Å². The van der Waals surface area contributed by atoms with Gasteiger partial charge in [0.2, 0.25) is 11.8 Å². The van der Waals surface area contributed by atoms with Crippen LogP contribution in [0.4, 0.5) is 0 Å². The second-order valence-electron chi connectivity index (χ2n) is 7.59. The van der Waals surface area contributed by atoms with Gasteiger partial charge < -0.3 is 14.3 Å². The van der Waals surface area contributed by atoms with Gasteiger partial charge in [-0.2, -0.15) is 0 Å². The van der Waals surface area contributed by atoms with Crippen molar-refractivity contribution in [2.45, 2.75) is 20.3 Å². The van der Waals surface area contributed by atoms with Gasteiger partial charge in [0.1, 0.15) is 5.76 Å². The Morgan fingerprint density at radius 2 is 1.74 bits per heavy atom. The minimum absolute atomic E-state index is 0.0208. The Morgan fingerprint density at radius 3 is 2.42 bits per heavy atom. The Morgan fingerprint density at radius 1 is 1.03 bits per heavy atom. The van der Waals surface area contributed by atoms with Crippen LogP contribution in [0.5, 0.6) is 0 Å². The van der Waals surface area contributed by atoms with Crippen molar-refractivity contribution in [3.63, 3.8) is 0 Å². The number of nitrogens with zero attached hydrogens (tertiary/aromatic N) is 3. The lowest BCUT2D eigenvalue weighted by Gasteiger charge is -2.34. The number of thiophene rings is 1. The highest BCUT2D eigenvalue weighted by Crippen LogP contribution is 2.28. The number of aromatic nitrogens is 1. The molecular weight excluding hydrogens is 410 g/mol. The highest BCUT2D eigenvalue weighted by molar-refractivity contribution is 7.16. The van der Waals surface area contributed by atoms with E-state index in [1.165, 1.54) is 10.4 Å². The summed E-state index contributed by atoms with van der Waals surface area (Å²) in [6.45, 7) is 5.82. The molecule has 3 heterocycles. The molecule has 0 bridgehead atoms. The molecule has 2 aromatic heterocycles. The normalized spacial score (nSPS) is 14.4. The molecule has 7 heteroatoms. The molecule has 2 amide bonds. The number of rotatable bonds is 5. The molecule has 0 radical (unpaired) electrons. The van der Waals surface area contributed by atoms with Crippen LogP contribution in [0.2, 0.25) is 0 Å². The fraction of sp³-hybridized carbons (Fsp3) is 0.292. The number of aryl methyl sites for hydroxylation is 2. The first-order chi connectivity index (χ1) is 15.0. The van der Waals surface area contributed by atoms with Crippen molar-refractivity contribution in [3.05, 3.63) is 70.4 Å². The zero-order valence-electron chi connectivity index (χ0n) is 17.7. The molecule has 1 fully saturated rings. The Hall–Kier alpha value is -3.19. The summed E-state index contributed by atoms with van der Waals surface area (Å²) in [5.74, 6) is 0.713. The third kappa shape index (κ3) is 4.94. The smallest absolute Gasteiger partial charge is 0.246 e. The van der Waals surface area contributed by atoms with E-state index in [0.29, 0.717) is 31.9 Å². The van der Waals surface area contributed by atoms with Gasteiger partial charge in [-0.3, -0.25) is 9.59 Å². The van der Waals surface area contributed by atoms with Gasteiger partial charge in [-0.15, -0.1) is 11.3 Å². The summed E-state index contributed by atoms with van der Waals surface area (Å²) < 4.78 is 5.14. The van der Waals surface area contributed by atoms with E-state index in [9.17, 15) is 9.59 Å². The van der Waals surface area contributed by atoms with Crippen LogP contribution < -0.4 is 0 Å². The molecule has 0 spiro atoms. The van der Waals surface area contributed by atoms with E-state index < -0.39 is 0 Å². The molecule has 0 aliphatic carbocycles. The van der Waals surface area contributed by atoms with Crippen molar-refractivity contribution >= 4 is 29.2 Å². The molecule has 160 valence electrons. The Bertz CT molecular complexity index is 1070. The zero-order chi connectivity index (χ0) is 21.8. The van der Waals surface area contributed by atoms with E-state index in [-0.39, 0.29) is 18.2 Å². The molecule has 3 aromatic rings. The lowest BCUT2D eigenvalue weighted by atomic mass is 10.1. The molecule has 6 nitrogen and oxygen atoms in total. The van der Waals surface area contributed by atoms with Gasteiger partial charge in [0.25, 0.3) is 0 Å². The van der Waals surface area contributed by atoms with Crippen molar-refractivity contribution in [2.24, 2.45) is 0 Å². The maximum atomic E-state index is 12.6. The van der Waals surface area contributed by atoms with Crippen LogP contribution in [0.25, 0.3) is 16.5 Å². The number of carbonyl (C=O) groups excluding carboxylic acids is 2. The van der Waals surface area contributed by atoms with Gasteiger partial charge in [0.15, 0.2) is 0 Å². The van der Waals surface area contributed by atoms with E-state index >= 15 is 0 Å². The molecule has 0 atom stereocenters. The van der Waals surface area contributed by atoms with E-state index in [0.717, 1.165) is 16.1 Å². The summed E-state index contributed by atoms with van der Waals surface area (Å²) >= 11 is 1.66. The summed E-state index contributed by atoms with van der Waals surface area (Å²) in [6, 6.07) is 14.3. The Labute approximate surface area is 185 Å². The summed E-state index contributed by atoms with van der Waals surface area (Å²) in [7, 11) is 0. The number of hydrogen-bond donors (Lipinski definition) is 0. The Balaban J connectivity index is 1.29. The predicted molar refractivity (Wildman–Crippen MR) is 122 cm³/mol. The predicted octanol–water partition coefficient (Wildman–Crippen LogP) is 3.95. The first-order valence-electron chi connectivity index (χ1n) is 10.3. The third-order valence-corrected chi connectivity index (χ3v) is 6.63. The second kappa shape index (κ2) is 9.31. The van der Waals surface area contributed by atoms with Crippen molar-refractivity contribution in [1.29, 1.82) is 0 Å². The molecule has 4 rings (SSSR count). The molecule has 0 saturated carbocycles. The molecule has 1 aliphatic rings. The van der Waals surface area contributed by atoms with Crippen LogP contribution in [-0.2, 0) is 16.0 Å². The van der Waals surface area contributed by atoms with Crippen LogP contribution in [0, 0.1) is 13.8 Å². The van der Waals surface area contributed by atoms with Gasteiger partial charge in [-0.05, 0) is 37.6 Å². The molecular formula is C24H25N3O3S. The van der Waals surface area contributed by atoms with Crippen LogP contribution in [-0.4, -0.2) is 52.9 Å². The monoisotopic (exact) mass is 435 g/mol. The van der Waals surface area contributed by atoms with Crippen molar-refractivity contribution < 1.29 is 14.1 Å². The zero-order valence-corrected chi connectivity index (χ0v) is 18.5. The molecule has 31 heavy (non-hydrogen) atoms. The summed E-state index contributed by atoms with van der Waals surface area (Å²) in [5, 5.41) is 3.91. The first-order valence-corrected chi connectivity index (χ1v) is 11.1. The maximum Gasteiger partial charge on any atom is 0.246 e. The minimum atomic E-state index is -0.0208. The van der Waals surface area contributed by atoms with E-state index in [2.05, 4.69) is 23.4 Å². The summed E-state index contributed by atoms with van der Waals surface area (Å²) in [6.07, 6.45) is 3.79. The van der Waals surface area contributed by atoms with Crippen LogP contribution in [0.1, 0.15) is 21.9 Å². The number of hydrogen-bond acceptors (Lipinski definition) is 5. The minimum Gasteiger partial charge on any atom is -0.361 e. The molecule has 0 unspecified atom stereocenters. The number of benzene rings is 1. The van der Waals surface area contributed by atoms with Gasteiger partial charge in [0.05, 0.1) is 12.1 Å².